The van der Waals surface area contributed by atoms with Crippen molar-refractivity contribution in [2.45, 2.75) is 13.3 Å². The molecule has 1 aromatic rings. The third-order valence-electron chi connectivity index (χ3n) is 3.74. The van der Waals surface area contributed by atoms with E-state index >= 15 is 0 Å². The third kappa shape index (κ3) is 3.72. The van der Waals surface area contributed by atoms with Gasteiger partial charge in [-0.15, -0.1) is 0 Å². The van der Waals surface area contributed by atoms with Crippen molar-refractivity contribution in [3.63, 3.8) is 0 Å². The highest BCUT2D eigenvalue weighted by atomic mass is 15.2. The lowest BCUT2D eigenvalue weighted by Crippen LogP contribution is -2.45. The molecule has 1 aromatic carbocycles. The molecule has 2 rings (SSSR count). The summed E-state index contributed by atoms with van der Waals surface area (Å²) in [7, 11) is 2.20. The number of nitrogens with zero attached hydrogens (tertiary/aromatic N) is 2. The molecule has 0 unspecified atom stereocenters. The normalized spacial score (nSPS) is 17.9. The average Bonchev–Trinajstić information content (AvgIpc) is 2.41. The van der Waals surface area contributed by atoms with E-state index in [2.05, 4.69) is 53.4 Å². The summed E-state index contributed by atoms with van der Waals surface area (Å²) in [5.41, 5.74) is 2.71. The van der Waals surface area contributed by atoms with Gasteiger partial charge in [-0.3, -0.25) is 4.90 Å². The zero-order chi connectivity index (χ0) is 12.8. The quantitative estimate of drug-likeness (QED) is 0.857. The summed E-state index contributed by atoms with van der Waals surface area (Å²) in [6.45, 7) is 9.20. The molecule has 0 spiro atoms. The molecular formula is C15H25N3. The highest BCUT2D eigenvalue weighted by Gasteiger charge is 2.12. The Labute approximate surface area is 111 Å². The molecule has 0 amide bonds. The Morgan fingerprint density at radius 2 is 1.83 bits per heavy atom. The summed E-state index contributed by atoms with van der Waals surface area (Å²) in [4.78, 5) is 4.94. The third-order valence-corrected chi connectivity index (χ3v) is 3.74. The van der Waals surface area contributed by atoms with Crippen LogP contribution in [0.2, 0.25) is 0 Å². The van der Waals surface area contributed by atoms with Crippen LogP contribution in [0.25, 0.3) is 0 Å². The van der Waals surface area contributed by atoms with Crippen molar-refractivity contribution in [3.8, 4) is 0 Å². The van der Waals surface area contributed by atoms with Crippen molar-refractivity contribution in [2.75, 3.05) is 51.6 Å². The van der Waals surface area contributed by atoms with E-state index in [1.165, 1.54) is 37.4 Å². The molecule has 0 saturated carbocycles. The second-order valence-electron chi connectivity index (χ2n) is 5.08. The van der Waals surface area contributed by atoms with E-state index in [1.807, 2.05) is 0 Å². The van der Waals surface area contributed by atoms with Crippen LogP contribution < -0.4 is 5.32 Å². The lowest BCUT2D eigenvalue weighted by atomic mass is 10.1. The zero-order valence-electron chi connectivity index (χ0n) is 11.7. The molecule has 1 aliphatic heterocycles. The van der Waals surface area contributed by atoms with Gasteiger partial charge in [-0.2, -0.15) is 0 Å². The number of rotatable bonds is 5. The topological polar surface area (TPSA) is 18.5 Å². The molecule has 1 N–H and O–H groups in total. The van der Waals surface area contributed by atoms with Gasteiger partial charge in [0, 0.05) is 45.0 Å². The van der Waals surface area contributed by atoms with E-state index in [1.54, 1.807) is 0 Å². The number of hydrogen-bond donors (Lipinski definition) is 1. The number of benzene rings is 1. The highest BCUT2D eigenvalue weighted by Crippen LogP contribution is 2.14. The van der Waals surface area contributed by atoms with Gasteiger partial charge in [0.05, 0.1) is 0 Å². The van der Waals surface area contributed by atoms with Gasteiger partial charge < -0.3 is 10.2 Å². The fourth-order valence-electron chi connectivity index (χ4n) is 2.42. The number of aryl methyl sites for hydroxylation is 1. The fourth-order valence-corrected chi connectivity index (χ4v) is 2.42. The summed E-state index contributed by atoms with van der Waals surface area (Å²) < 4.78 is 0. The van der Waals surface area contributed by atoms with Crippen molar-refractivity contribution in [2.24, 2.45) is 0 Å². The molecule has 1 saturated heterocycles. The van der Waals surface area contributed by atoms with Crippen LogP contribution in [0.3, 0.4) is 0 Å². The monoisotopic (exact) mass is 247 g/mol. The zero-order valence-corrected chi connectivity index (χ0v) is 11.7. The molecule has 0 bridgehead atoms. The van der Waals surface area contributed by atoms with Crippen molar-refractivity contribution < 1.29 is 0 Å². The minimum atomic E-state index is 1.04. The number of hydrogen-bond acceptors (Lipinski definition) is 3. The standard InChI is InChI=1S/C15H25N3/c1-3-14-6-4-5-7-15(14)16-8-9-18-12-10-17(2)11-13-18/h4-7,16H,3,8-13H2,1-2H3. The molecule has 3 nitrogen and oxygen atoms in total. The van der Waals surface area contributed by atoms with Gasteiger partial charge in [-0.05, 0) is 25.1 Å². The Kier molecular flexibility index (Phi) is 5.02. The van der Waals surface area contributed by atoms with Crippen molar-refractivity contribution in [1.82, 2.24) is 9.80 Å². The van der Waals surface area contributed by atoms with Crippen molar-refractivity contribution in [3.05, 3.63) is 29.8 Å². The van der Waals surface area contributed by atoms with Gasteiger partial charge in [-0.1, -0.05) is 25.1 Å². The summed E-state index contributed by atoms with van der Waals surface area (Å²) in [6.07, 6.45) is 1.09. The Balaban J connectivity index is 1.75. The van der Waals surface area contributed by atoms with Gasteiger partial charge in [-0.25, -0.2) is 0 Å². The van der Waals surface area contributed by atoms with Gasteiger partial charge in [0.1, 0.15) is 0 Å². The van der Waals surface area contributed by atoms with Crippen LogP contribution in [-0.4, -0.2) is 56.1 Å². The maximum Gasteiger partial charge on any atom is 0.0373 e. The number of para-hydroxylation sites is 1. The molecule has 100 valence electrons. The molecular weight excluding hydrogens is 222 g/mol. The molecule has 0 atom stereocenters. The maximum absolute atomic E-state index is 3.57. The van der Waals surface area contributed by atoms with Crippen LogP contribution >= 0.6 is 0 Å². The molecule has 1 heterocycles. The minimum absolute atomic E-state index is 1.04. The van der Waals surface area contributed by atoms with E-state index in [4.69, 9.17) is 0 Å². The number of nitrogens with one attached hydrogen (secondary N) is 1. The molecule has 1 fully saturated rings. The predicted molar refractivity (Wildman–Crippen MR) is 78.2 cm³/mol. The average molecular weight is 247 g/mol. The Bertz CT molecular complexity index is 357. The summed E-state index contributed by atoms with van der Waals surface area (Å²) >= 11 is 0. The molecule has 18 heavy (non-hydrogen) atoms. The number of piperazine rings is 1. The smallest absolute Gasteiger partial charge is 0.0373 e. The van der Waals surface area contributed by atoms with Gasteiger partial charge in [0.25, 0.3) is 0 Å². The van der Waals surface area contributed by atoms with Crippen LogP contribution in [0.15, 0.2) is 24.3 Å². The fraction of sp³-hybridized carbons (Fsp3) is 0.600. The van der Waals surface area contributed by atoms with Crippen LogP contribution in [0.1, 0.15) is 12.5 Å². The van der Waals surface area contributed by atoms with Crippen LogP contribution in [0, 0.1) is 0 Å². The molecule has 1 aliphatic rings. The van der Waals surface area contributed by atoms with Gasteiger partial charge in [0.2, 0.25) is 0 Å². The lowest BCUT2D eigenvalue weighted by molar-refractivity contribution is 0.158. The first-order chi connectivity index (χ1) is 8.79. The second-order valence-corrected chi connectivity index (χ2v) is 5.08. The first kappa shape index (κ1) is 13.4. The summed E-state index contributed by atoms with van der Waals surface area (Å²) in [5, 5.41) is 3.57. The lowest BCUT2D eigenvalue weighted by Gasteiger charge is -2.32. The number of anilines is 1. The largest absolute Gasteiger partial charge is 0.384 e. The van der Waals surface area contributed by atoms with E-state index in [0.29, 0.717) is 0 Å². The Morgan fingerprint density at radius 1 is 1.11 bits per heavy atom. The maximum atomic E-state index is 3.57. The van der Waals surface area contributed by atoms with E-state index in [0.717, 1.165) is 19.5 Å². The van der Waals surface area contributed by atoms with Crippen molar-refractivity contribution in [1.29, 1.82) is 0 Å². The second kappa shape index (κ2) is 6.76. The molecule has 0 aromatic heterocycles. The van der Waals surface area contributed by atoms with E-state index < -0.39 is 0 Å². The van der Waals surface area contributed by atoms with Crippen LogP contribution in [-0.2, 0) is 6.42 Å². The molecule has 0 aliphatic carbocycles. The predicted octanol–water partition coefficient (Wildman–Crippen LogP) is 1.91. The van der Waals surface area contributed by atoms with E-state index in [9.17, 15) is 0 Å². The molecule has 0 radical (unpaired) electrons. The number of likely N-dealkylation sites (N-methyl/N-ethyl adjacent to an activating group) is 1. The minimum Gasteiger partial charge on any atom is -0.384 e. The first-order valence-corrected chi connectivity index (χ1v) is 7.02. The summed E-state index contributed by atoms with van der Waals surface area (Å²) in [5.74, 6) is 0. The SMILES string of the molecule is CCc1ccccc1NCCN1CCN(C)CC1. The van der Waals surface area contributed by atoms with Crippen molar-refractivity contribution >= 4 is 5.69 Å². The highest BCUT2D eigenvalue weighted by molar-refractivity contribution is 5.50. The van der Waals surface area contributed by atoms with Gasteiger partial charge >= 0.3 is 0 Å². The molecule has 3 heteroatoms. The van der Waals surface area contributed by atoms with E-state index in [-0.39, 0.29) is 0 Å². The first-order valence-electron chi connectivity index (χ1n) is 7.02. The van der Waals surface area contributed by atoms with Crippen LogP contribution in [0.5, 0.6) is 0 Å². The Morgan fingerprint density at radius 3 is 2.56 bits per heavy atom. The Hall–Kier alpha value is -1.06. The van der Waals surface area contributed by atoms with Gasteiger partial charge in [0.15, 0.2) is 0 Å². The van der Waals surface area contributed by atoms with Crippen LogP contribution in [0.4, 0.5) is 5.69 Å². The summed E-state index contributed by atoms with van der Waals surface area (Å²) in [6, 6.07) is 8.61.